The van der Waals surface area contributed by atoms with Crippen molar-refractivity contribution in [1.29, 1.82) is 0 Å². The van der Waals surface area contributed by atoms with Gasteiger partial charge in [0.2, 0.25) is 6.29 Å². The molecule has 0 fully saturated rings. The zero-order valence-corrected chi connectivity index (χ0v) is 12.6. The Bertz CT molecular complexity index is 565. The normalized spacial score (nSPS) is 11.2. The summed E-state index contributed by atoms with van der Waals surface area (Å²) in [5, 5.41) is 8.95. The van der Waals surface area contributed by atoms with Crippen molar-refractivity contribution in [3.8, 4) is 5.69 Å². The standard InChI is InChI=1S/C14H18ClN3O2/c1-4-19-14(20-5-2)12-9-18(17-16-12)13-7-6-11(15)8-10(13)3/h6-9,14H,4-5H2,1-3H3. The van der Waals surface area contributed by atoms with Gasteiger partial charge in [-0.3, -0.25) is 0 Å². The molecule has 2 aromatic rings. The lowest BCUT2D eigenvalue weighted by molar-refractivity contribution is -0.142. The Kier molecular flexibility index (Phi) is 5.11. The summed E-state index contributed by atoms with van der Waals surface area (Å²) in [5.41, 5.74) is 2.61. The first kappa shape index (κ1) is 15.0. The Morgan fingerprint density at radius 2 is 1.95 bits per heavy atom. The maximum absolute atomic E-state index is 5.96. The van der Waals surface area contributed by atoms with Crippen LogP contribution in [0.25, 0.3) is 5.69 Å². The minimum atomic E-state index is -0.480. The molecule has 0 atom stereocenters. The highest BCUT2D eigenvalue weighted by Crippen LogP contribution is 2.21. The number of ether oxygens (including phenoxy) is 2. The van der Waals surface area contributed by atoms with Crippen LogP contribution in [0, 0.1) is 6.92 Å². The SMILES string of the molecule is CCOC(OCC)c1cn(-c2ccc(Cl)cc2C)nn1. The molecule has 1 aromatic heterocycles. The van der Waals surface area contributed by atoms with Gasteiger partial charge in [0.15, 0.2) is 0 Å². The second-order valence-electron chi connectivity index (χ2n) is 4.26. The zero-order valence-electron chi connectivity index (χ0n) is 11.8. The predicted octanol–water partition coefficient (Wildman–Crippen LogP) is 3.30. The van der Waals surface area contributed by atoms with Crippen molar-refractivity contribution in [3.05, 3.63) is 40.7 Å². The summed E-state index contributed by atoms with van der Waals surface area (Å²) in [6, 6.07) is 5.63. The van der Waals surface area contributed by atoms with Gasteiger partial charge in [0.05, 0.1) is 11.9 Å². The van der Waals surface area contributed by atoms with E-state index in [2.05, 4.69) is 10.3 Å². The van der Waals surface area contributed by atoms with Crippen LogP contribution < -0.4 is 0 Å². The Balaban J connectivity index is 2.27. The Morgan fingerprint density at radius 3 is 2.55 bits per heavy atom. The number of rotatable bonds is 6. The van der Waals surface area contributed by atoms with Crippen molar-refractivity contribution in [2.24, 2.45) is 0 Å². The average Bonchev–Trinajstić information content (AvgIpc) is 2.88. The van der Waals surface area contributed by atoms with Crippen LogP contribution in [0.4, 0.5) is 0 Å². The van der Waals surface area contributed by atoms with Crippen LogP contribution in [0.5, 0.6) is 0 Å². The van der Waals surface area contributed by atoms with Crippen LogP contribution in [-0.2, 0) is 9.47 Å². The highest BCUT2D eigenvalue weighted by Gasteiger charge is 2.16. The average molecular weight is 296 g/mol. The Morgan fingerprint density at radius 1 is 1.25 bits per heavy atom. The first-order valence-electron chi connectivity index (χ1n) is 6.57. The van der Waals surface area contributed by atoms with Crippen LogP contribution in [-0.4, -0.2) is 28.2 Å². The smallest absolute Gasteiger partial charge is 0.204 e. The summed E-state index contributed by atoms with van der Waals surface area (Å²) < 4.78 is 12.7. The second kappa shape index (κ2) is 6.83. The third-order valence-electron chi connectivity index (χ3n) is 2.79. The summed E-state index contributed by atoms with van der Waals surface area (Å²) in [7, 11) is 0. The molecular formula is C14H18ClN3O2. The fourth-order valence-corrected chi connectivity index (χ4v) is 2.13. The molecule has 0 N–H and O–H groups in total. The van der Waals surface area contributed by atoms with Crippen LogP contribution in [0.15, 0.2) is 24.4 Å². The van der Waals surface area contributed by atoms with E-state index in [4.69, 9.17) is 21.1 Å². The van der Waals surface area contributed by atoms with Crippen molar-refractivity contribution in [3.63, 3.8) is 0 Å². The minimum Gasteiger partial charge on any atom is -0.347 e. The lowest BCUT2D eigenvalue weighted by Crippen LogP contribution is -2.09. The predicted molar refractivity (Wildman–Crippen MR) is 77.1 cm³/mol. The number of hydrogen-bond donors (Lipinski definition) is 0. The fourth-order valence-electron chi connectivity index (χ4n) is 1.90. The minimum absolute atomic E-state index is 0.480. The van der Waals surface area contributed by atoms with Crippen molar-refractivity contribution in [2.45, 2.75) is 27.1 Å². The number of aromatic nitrogens is 3. The summed E-state index contributed by atoms with van der Waals surface area (Å²) in [4.78, 5) is 0. The van der Waals surface area contributed by atoms with E-state index in [1.54, 1.807) is 4.68 Å². The first-order valence-corrected chi connectivity index (χ1v) is 6.95. The molecule has 20 heavy (non-hydrogen) atoms. The van der Waals surface area contributed by atoms with Crippen LogP contribution in [0.2, 0.25) is 5.02 Å². The van der Waals surface area contributed by atoms with Gasteiger partial charge in [-0.05, 0) is 44.5 Å². The summed E-state index contributed by atoms with van der Waals surface area (Å²) in [6.07, 6.45) is 1.33. The molecule has 1 aromatic carbocycles. The number of hydrogen-bond acceptors (Lipinski definition) is 4. The lowest BCUT2D eigenvalue weighted by atomic mass is 10.2. The molecule has 0 saturated heterocycles. The van der Waals surface area contributed by atoms with E-state index in [1.165, 1.54) is 0 Å². The molecule has 0 unspecified atom stereocenters. The highest BCUT2D eigenvalue weighted by atomic mass is 35.5. The van der Waals surface area contributed by atoms with Crippen molar-refractivity contribution < 1.29 is 9.47 Å². The lowest BCUT2D eigenvalue weighted by Gasteiger charge is -2.13. The molecule has 1 heterocycles. The van der Waals surface area contributed by atoms with E-state index in [0.29, 0.717) is 23.9 Å². The molecule has 6 heteroatoms. The molecule has 5 nitrogen and oxygen atoms in total. The van der Waals surface area contributed by atoms with Gasteiger partial charge in [-0.15, -0.1) is 5.10 Å². The van der Waals surface area contributed by atoms with Crippen molar-refractivity contribution in [1.82, 2.24) is 15.0 Å². The second-order valence-corrected chi connectivity index (χ2v) is 4.70. The monoisotopic (exact) mass is 295 g/mol. The van der Waals surface area contributed by atoms with Crippen LogP contribution >= 0.6 is 11.6 Å². The van der Waals surface area contributed by atoms with E-state index in [0.717, 1.165) is 11.3 Å². The van der Waals surface area contributed by atoms with Crippen molar-refractivity contribution >= 4 is 11.6 Å². The largest absolute Gasteiger partial charge is 0.347 e. The van der Waals surface area contributed by atoms with E-state index in [9.17, 15) is 0 Å². The molecule has 0 spiro atoms. The van der Waals surface area contributed by atoms with Gasteiger partial charge in [0.1, 0.15) is 5.69 Å². The molecule has 0 radical (unpaired) electrons. The molecule has 0 saturated carbocycles. The maximum atomic E-state index is 5.96. The van der Waals surface area contributed by atoms with E-state index < -0.39 is 6.29 Å². The number of halogens is 1. The van der Waals surface area contributed by atoms with Crippen LogP contribution in [0.3, 0.4) is 0 Å². The highest BCUT2D eigenvalue weighted by molar-refractivity contribution is 6.30. The molecule has 108 valence electrons. The van der Waals surface area contributed by atoms with Gasteiger partial charge in [-0.25, -0.2) is 4.68 Å². The molecule has 0 aliphatic heterocycles. The fraction of sp³-hybridized carbons (Fsp3) is 0.429. The third kappa shape index (κ3) is 3.36. The summed E-state index contributed by atoms with van der Waals surface area (Å²) in [6.45, 7) is 6.92. The quantitative estimate of drug-likeness (QED) is 0.767. The summed E-state index contributed by atoms with van der Waals surface area (Å²) in [5.74, 6) is 0. The molecular weight excluding hydrogens is 278 g/mol. The maximum Gasteiger partial charge on any atom is 0.204 e. The number of benzene rings is 1. The van der Waals surface area contributed by atoms with Gasteiger partial charge in [0, 0.05) is 18.2 Å². The van der Waals surface area contributed by atoms with E-state index >= 15 is 0 Å². The van der Waals surface area contributed by atoms with Gasteiger partial charge >= 0.3 is 0 Å². The van der Waals surface area contributed by atoms with Gasteiger partial charge in [-0.1, -0.05) is 16.8 Å². The molecule has 0 aliphatic carbocycles. The topological polar surface area (TPSA) is 49.2 Å². The summed E-state index contributed by atoms with van der Waals surface area (Å²) >= 11 is 5.96. The van der Waals surface area contributed by atoms with E-state index in [-0.39, 0.29) is 0 Å². The van der Waals surface area contributed by atoms with Gasteiger partial charge < -0.3 is 9.47 Å². The van der Waals surface area contributed by atoms with Gasteiger partial charge in [-0.2, -0.15) is 0 Å². The molecule has 0 bridgehead atoms. The Hall–Kier alpha value is -1.43. The third-order valence-corrected chi connectivity index (χ3v) is 3.03. The number of aryl methyl sites for hydroxylation is 1. The van der Waals surface area contributed by atoms with Crippen LogP contribution in [0.1, 0.15) is 31.4 Å². The molecule has 0 aliphatic rings. The first-order chi connectivity index (χ1) is 9.65. The number of nitrogens with zero attached hydrogens (tertiary/aromatic N) is 3. The molecule has 2 rings (SSSR count). The zero-order chi connectivity index (χ0) is 14.5. The molecule has 0 amide bonds. The van der Waals surface area contributed by atoms with Crippen molar-refractivity contribution in [2.75, 3.05) is 13.2 Å². The van der Waals surface area contributed by atoms with E-state index in [1.807, 2.05) is 45.2 Å². The Labute approximate surface area is 123 Å². The van der Waals surface area contributed by atoms with Gasteiger partial charge in [0.25, 0.3) is 0 Å².